The molecular weight excluding hydrogens is 330 g/mol. The molecule has 0 aliphatic carbocycles. The highest BCUT2D eigenvalue weighted by molar-refractivity contribution is 8.00. The zero-order valence-corrected chi connectivity index (χ0v) is 15.2. The van der Waals surface area contributed by atoms with Gasteiger partial charge in [-0.2, -0.15) is 5.26 Å². The van der Waals surface area contributed by atoms with Gasteiger partial charge >= 0.3 is 0 Å². The lowest BCUT2D eigenvalue weighted by molar-refractivity contribution is 0.402. The number of aromatic amines is 1. The maximum Gasteiger partial charge on any atom is 0.152 e. The zero-order chi connectivity index (χ0) is 18.0. The van der Waals surface area contributed by atoms with E-state index < -0.39 is 0 Å². The van der Waals surface area contributed by atoms with E-state index in [9.17, 15) is 10.4 Å². The summed E-state index contributed by atoms with van der Waals surface area (Å²) >= 11 is 1.52. The molecule has 0 saturated heterocycles. The van der Waals surface area contributed by atoms with E-state index in [4.69, 9.17) is 0 Å². The molecule has 1 atom stereocenters. The van der Waals surface area contributed by atoms with E-state index in [2.05, 4.69) is 42.0 Å². The Bertz CT molecular complexity index is 965. The number of aryl methyl sites for hydroxylation is 2. The Balaban J connectivity index is 1.92. The van der Waals surface area contributed by atoms with E-state index in [1.165, 1.54) is 22.9 Å². The third kappa shape index (κ3) is 3.54. The number of fused-ring (bicyclic) bond motifs is 1. The number of allylic oxidation sites excluding steroid dienone is 1. The van der Waals surface area contributed by atoms with Crippen molar-refractivity contribution in [3.63, 3.8) is 0 Å². The average molecular weight is 349 g/mol. The number of aliphatic hydroxyl groups is 1. The summed E-state index contributed by atoms with van der Waals surface area (Å²) in [5, 5.41) is 19.9. The van der Waals surface area contributed by atoms with Crippen molar-refractivity contribution in [1.82, 2.24) is 9.97 Å². The van der Waals surface area contributed by atoms with Crippen molar-refractivity contribution in [2.24, 2.45) is 0 Å². The molecule has 5 heteroatoms. The van der Waals surface area contributed by atoms with Crippen molar-refractivity contribution < 1.29 is 5.11 Å². The Labute approximate surface area is 151 Å². The molecule has 1 unspecified atom stereocenters. The van der Waals surface area contributed by atoms with Crippen molar-refractivity contribution in [1.29, 1.82) is 5.26 Å². The van der Waals surface area contributed by atoms with Gasteiger partial charge in [-0.3, -0.25) is 0 Å². The molecule has 2 N–H and O–H groups in total. The predicted octanol–water partition coefficient (Wildman–Crippen LogP) is 5.15. The van der Waals surface area contributed by atoms with Gasteiger partial charge < -0.3 is 10.1 Å². The van der Waals surface area contributed by atoms with Gasteiger partial charge in [-0.05, 0) is 56.2 Å². The lowest BCUT2D eigenvalue weighted by Crippen LogP contribution is -2.05. The molecule has 0 radical (unpaired) electrons. The molecule has 1 heterocycles. The third-order valence-corrected chi connectivity index (χ3v) is 5.27. The summed E-state index contributed by atoms with van der Waals surface area (Å²) in [6.45, 7) is 6.02. The molecule has 3 aromatic rings. The van der Waals surface area contributed by atoms with E-state index >= 15 is 0 Å². The van der Waals surface area contributed by atoms with Crippen LogP contribution >= 0.6 is 11.8 Å². The number of aliphatic hydroxyl groups excluding tert-OH is 1. The lowest BCUT2D eigenvalue weighted by Gasteiger charge is -2.13. The number of aromatic nitrogens is 2. The Kier molecular flexibility index (Phi) is 4.82. The van der Waals surface area contributed by atoms with Crippen LogP contribution in [0.3, 0.4) is 0 Å². The fourth-order valence-electron chi connectivity index (χ4n) is 2.55. The Hall–Kier alpha value is -2.71. The maximum absolute atomic E-state index is 10.6. The maximum atomic E-state index is 10.6. The second-order valence-corrected chi connectivity index (χ2v) is 7.39. The van der Waals surface area contributed by atoms with E-state index in [1.807, 2.05) is 37.3 Å². The number of nitriles is 1. The number of para-hydroxylation sites is 2. The second kappa shape index (κ2) is 7.04. The Morgan fingerprint density at radius 3 is 2.64 bits per heavy atom. The SMILES string of the molecule is Cc1ccc(SC(C)/C(O)=C(/C#N)c2nc3ccccc3[nH]2)cc1C. The number of benzene rings is 2. The van der Waals surface area contributed by atoms with Gasteiger partial charge in [0.25, 0.3) is 0 Å². The predicted molar refractivity (Wildman–Crippen MR) is 102 cm³/mol. The van der Waals surface area contributed by atoms with Gasteiger partial charge in [0.15, 0.2) is 5.82 Å². The van der Waals surface area contributed by atoms with Crippen LogP contribution in [0, 0.1) is 25.2 Å². The average Bonchev–Trinajstić information content (AvgIpc) is 3.02. The van der Waals surface area contributed by atoms with Crippen molar-refractivity contribution in [2.45, 2.75) is 30.9 Å². The fourth-order valence-corrected chi connectivity index (χ4v) is 3.58. The number of hydrogen-bond donors (Lipinski definition) is 2. The van der Waals surface area contributed by atoms with Gasteiger partial charge in [-0.25, -0.2) is 4.98 Å². The smallest absolute Gasteiger partial charge is 0.152 e. The molecule has 0 fully saturated rings. The van der Waals surface area contributed by atoms with Crippen LogP contribution < -0.4 is 0 Å². The summed E-state index contributed by atoms with van der Waals surface area (Å²) in [5.41, 5.74) is 4.23. The van der Waals surface area contributed by atoms with Gasteiger partial charge in [0, 0.05) is 4.90 Å². The molecule has 2 aromatic carbocycles. The first-order chi connectivity index (χ1) is 12.0. The number of imidazole rings is 1. The molecule has 126 valence electrons. The molecule has 0 aliphatic heterocycles. The Morgan fingerprint density at radius 1 is 1.20 bits per heavy atom. The van der Waals surface area contributed by atoms with E-state index in [0.717, 1.165) is 15.9 Å². The topological polar surface area (TPSA) is 72.7 Å². The molecule has 3 rings (SSSR count). The van der Waals surface area contributed by atoms with Crippen molar-refractivity contribution in [2.75, 3.05) is 0 Å². The van der Waals surface area contributed by atoms with Crippen LogP contribution in [-0.2, 0) is 0 Å². The molecule has 0 saturated carbocycles. The minimum atomic E-state index is -0.259. The summed E-state index contributed by atoms with van der Waals surface area (Å²) in [6.07, 6.45) is 0. The van der Waals surface area contributed by atoms with Crippen LogP contribution in [0.25, 0.3) is 16.6 Å². The molecule has 0 aliphatic rings. The third-order valence-electron chi connectivity index (χ3n) is 4.17. The summed E-state index contributed by atoms with van der Waals surface area (Å²) < 4.78 is 0. The van der Waals surface area contributed by atoms with Crippen LogP contribution in [0.2, 0.25) is 0 Å². The van der Waals surface area contributed by atoms with Crippen LogP contribution in [0.15, 0.2) is 53.1 Å². The van der Waals surface area contributed by atoms with Crippen molar-refractivity contribution in [3.05, 3.63) is 65.2 Å². The number of hydrogen-bond acceptors (Lipinski definition) is 4. The summed E-state index contributed by atoms with van der Waals surface area (Å²) in [5.74, 6) is 0.429. The Morgan fingerprint density at radius 2 is 1.96 bits per heavy atom. The van der Waals surface area contributed by atoms with E-state index in [1.54, 1.807) is 0 Å². The normalized spacial score (nSPS) is 13.4. The number of thioether (sulfide) groups is 1. The molecule has 25 heavy (non-hydrogen) atoms. The monoisotopic (exact) mass is 349 g/mol. The molecule has 1 aromatic heterocycles. The molecule has 0 spiro atoms. The number of nitrogens with zero attached hydrogens (tertiary/aromatic N) is 2. The molecule has 4 nitrogen and oxygen atoms in total. The first-order valence-electron chi connectivity index (χ1n) is 8.02. The second-order valence-electron chi connectivity index (χ2n) is 5.98. The standard InChI is InChI=1S/C20H19N3OS/c1-12-8-9-15(10-13(12)2)25-14(3)19(24)16(11-21)20-22-17-6-4-5-7-18(17)23-20/h4-10,14,24H,1-3H3,(H,22,23)/b19-16+. The van der Waals surface area contributed by atoms with Crippen molar-refractivity contribution >= 4 is 28.4 Å². The minimum absolute atomic E-state index is 0.0322. The fraction of sp³-hybridized carbons (Fsp3) is 0.200. The highest BCUT2D eigenvalue weighted by Gasteiger charge is 2.19. The van der Waals surface area contributed by atoms with Gasteiger partial charge in [0.2, 0.25) is 0 Å². The highest BCUT2D eigenvalue weighted by Crippen LogP contribution is 2.31. The molecule has 0 bridgehead atoms. The van der Waals surface area contributed by atoms with Crippen LogP contribution in [0.4, 0.5) is 0 Å². The largest absolute Gasteiger partial charge is 0.510 e. The summed E-state index contributed by atoms with van der Waals surface area (Å²) in [6, 6.07) is 15.8. The van der Waals surface area contributed by atoms with Crippen LogP contribution in [0.5, 0.6) is 0 Å². The van der Waals surface area contributed by atoms with Gasteiger partial charge in [0.05, 0.1) is 16.3 Å². The van der Waals surface area contributed by atoms with Gasteiger partial charge in [-0.1, -0.05) is 18.2 Å². The van der Waals surface area contributed by atoms with E-state index in [0.29, 0.717) is 5.82 Å². The van der Waals surface area contributed by atoms with Gasteiger partial charge in [0.1, 0.15) is 17.4 Å². The summed E-state index contributed by atoms with van der Waals surface area (Å²) in [4.78, 5) is 8.58. The first-order valence-corrected chi connectivity index (χ1v) is 8.90. The summed E-state index contributed by atoms with van der Waals surface area (Å²) in [7, 11) is 0. The number of rotatable bonds is 4. The van der Waals surface area contributed by atoms with E-state index in [-0.39, 0.29) is 16.6 Å². The molecule has 0 amide bonds. The minimum Gasteiger partial charge on any atom is -0.510 e. The zero-order valence-electron chi connectivity index (χ0n) is 14.4. The number of nitrogens with one attached hydrogen (secondary N) is 1. The number of H-pyrrole nitrogens is 1. The van der Waals surface area contributed by atoms with Gasteiger partial charge in [-0.15, -0.1) is 11.8 Å². The van der Waals surface area contributed by atoms with Crippen LogP contribution in [0.1, 0.15) is 23.9 Å². The lowest BCUT2D eigenvalue weighted by atomic mass is 10.1. The quantitative estimate of drug-likeness (QED) is 0.388. The van der Waals surface area contributed by atoms with Crippen LogP contribution in [-0.4, -0.2) is 20.3 Å². The first kappa shape index (κ1) is 17.1. The molecular formula is C20H19N3OS. The highest BCUT2D eigenvalue weighted by atomic mass is 32.2. The van der Waals surface area contributed by atoms with Crippen molar-refractivity contribution in [3.8, 4) is 6.07 Å².